The SMILES string of the molecule is O=C[N]C1CCc2ccccc2N1. The first-order valence-corrected chi connectivity index (χ1v) is 4.38. The number of amides is 1. The predicted octanol–water partition coefficient (Wildman–Crippen LogP) is 1.13. The fourth-order valence-electron chi connectivity index (χ4n) is 1.61. The molecule has 67 valence electrons. The Bertz CT molecular complexity index is 312. The number of carbonyl (C=O) groups excluding carboxylic acids is 1. The number of benzene rings is 1. The summed E-state index contributed by atoms with van der Waals surface area (Å²) in [6.45, 7) is 0. The minimum atomic E-state index is -0.0348. The highest BCUT2D eigenvalue weighted by atomic mass is 16.1. The highest BCUT2D eigenvalue weighted by molar-refractivity contribution is 5.55. The number of carbonyl (C=O) groups is 1. The first-order valence-electron chi connectivity index (χ1n) is 4.38. The zero-order valence-corrected chi connectivity index (χ0v) is 7.23. The molecule has 0 saturated carbocycles. The van der Waals surface area contributed by atoms with E-state index < -0.39 is 0 Å². The number of rotatable bonds is 2. The van der Waals surface area contributed by atoms with Crippen LogP contribution in [0.1, 0.15) is 12.0 Å². The molecule has 1 atom stereocenters. The number of para-hydroxylation sites is 1. The molecule has 3 nitrogen and oxygen atoms in total. The number of fused-ring (bicyclic) bond motifs is 1. The Morgan fingerprint density at radius 2 is 2.31 bits per heavy atom. The zero-order valence-electron chi connectivity index (χ0n) is 7.23. The lowest BCUT2D eigenvalue weighted by molar-refractivity contribution is -0.110. The van der Waals surface area contributed by atoms with Crippen molar-refractivity contribution in [2.75, 3.05) is 5.32 Å². The molecule has 1 amide bonds. The predicted molar refractivity (Wildman–Crippen MR) is 50.4 cm³/mol. The maximum Gasteiger partial charge on any atom is 0.230 e. The summed E-state index contributed by atoms with van der Waals surface area (Å²) in [6, 6.07) is 8.12. The summed E-state index contributed by atoms with van der Waals surface area (Å²) in [5, 5.41) is 6.99. The molecule has 1 N–H and O–H groups in total. The van der Waals surface area contributed by atoms with Crippen molar-refractivity contribution < 1.29 is 4.79 Å². The van der Waals surface area contributed by atoms with Crippen molar-refractivity contribution in [3.8, 4) is 0 Å². The lowest BCUT2D eigenvalue weighted by Gasteiger charge is -2.24. The van der Waals surface area contributed by atoms with Crippen LogP contribution in [0.15, 0.2) is 24.3 Å². The second-order valence-corrected chi connectivity index (χ2v) is 3.11. The van der Waals surface area contributed by atoms with Gasteiger partial charge in [0.25, 0.3) is 0 Å². The molecule has 0 aliphatic carbocycles. The van der Waals surface area contributed by atoms with Gasteiger partial charge in [-0.05, 0) is 24.5 Å². The number of nitrogens with one attached hydrogen (secondary N) is 1. The Balaban J connectivity index is 2.15. The van der Waals surface area contributed by atoms with Crippen molar-refractivity contribution in [2.45, 2.75) is 19.0 Å². The van der Waals surface area contributed by atoms with Crippen LogP contribution in [0.2, 0.25) is 0 Å². The highest BCUT2D eigenvalue weighted by Gasteiger charge is 2.16. The molecule has 0 fully saturated rings. The molecule has 1 aromatic carbocycles. The highest BCUT2D eigenvalue weighted by Crippen LogP contribution is 2.23. The Hall–Kier alpha value is -1.51. The molecular formula is C10H11N2O. The summed E-state index contributed by atoms with van der Waals surface area (Å²) in [6.07, 6.45) is 2.47. The van der Waals surface area contributed by atoms with Crippen molar-refractivity contribution in [3.63, 3.8) is 0 Å². The summed E-state index contributed by atoms with van der Waals surface area (Å²) in [5.41, 5.74) is 2.41. The van der Waals surface area contributed by atoms with Crippen molar-refractivity contribution >= 4 is 12.1 Å². The molecular weight excluding hydrogens is 164 g/mol. The van der Waals surface area contributed by atoms with Crippen molar-refractivity contribution in [2.24, 2.45) is 0 Å². The van der Waals surface area contributed by atoms with Gasteiger partial charge in [-0.2, -0.15) is 0 Å². The third kappa shape index (κ3) is 1.64. The lowest BCUT2D eigenvalue weighted by Crippen LogP contribution is -2.33. The maximum atomic E-state index is 10.2. The Morgan fingerprint density at radius 1 is 1.46 bits per heavy atom. The smallest absolute Gasteiger partial charge is 0.230 e. The Labute approximate surface area is 77.1 Å². The van der Waals surface area contributed by atoms with E-state index in [-0.39, 0.29) is 6.17 Å². The molecule has 2 rings (SSSR count). The number of hydrogen-bond acceptors (Lipinski definition) is 2. The molecule has 13 heavy (non-hydrogen) atoms. The summed E-state index contributed by atoms with van der Waals surface area (Å²) in [5.74, 6) is 0. The van der Waals surface area contributed by atoms with E-state index in [1.54, 1.807) is 0 Å². The van der Waals surface area contributed by atoms with Crippen molar-refractivity contribution in [3.05, 3.63) is 29.8 Å². The third-order valence-corrected chi connectivity index (χ3v) is 2.27. The van der Waals surface area contributed by atoms with Gasteiger partial charge in [0.1, 0.15) is 6.17 Å². The van der Waals surface area contributed by atoms with Gasteiger partial charge in [-0.25, -0.2) is 5.32 Å². The second kappa shape index (κ2) is 3.47. The molecule has 3 heteroatoms. The van der Waals surface area contributed by atoms with Gasteiger partial charge in [-0.15, -0.1) is 0 Å². The van der Waals surface area contributed by atoms with Gasteiger partial charge >= 0.3 is 0 Å². The van der Waals surface area contributed by atoms with E-state index >= 15 is 0 Å². The van der Waals surface area contributed by atoms with Crippen LogP contribution in [0, 0.1) is 0 Å². The lowest BCUT2D eigenvalue weighted by atomic mass is 10.0. The summed E-state index contributed by atoms with van der Waals surface area (Å²) >= 11 is 0. The Kier molecular flexibility index (Phi) is 2.17. The molecule has 1 aromatic rings. The first-order chi connectivity index (χ1) is 6.40. The van der Waals surface area contributed by atoms with Gasteiger partial charge in [-0.3, -0.25) is 4.79 Å². The molecule has 1 radical (unpaired) electrons. The molecule has 1 aliphatic heterocycles. The van der Waals surface area contributed by atoms with E-state index in [9.17, 15) is 4.79 Å². The van der Waals surface area contributed by atoms with Crippen molar-refractivity contribution in [1.29, 1.82) is 0 Å². The summed E-state index contributed by atoms with van der Waals surface area (Å²) in [4.78, 5) is 10.2. The fraction of sp³-hybridized carbons (Fsp3) is 0.300. The minimum Gasteiger partial charge on any atom is -0.363 e. The summed E-state index contributed by atoms with van der Waals surface area (Å²) < 4.78 is 0. The normalized spacial score (nSPS) is 19.8. The van der Waals surface area contributed by atoms with Crippen LogP contribution >= 0.6 is 0 Å². The van der Waals surface area contributed by atoms with Gasteiger partial charge in [0.15, 0.2) is 0 Å². The fourth-order valence-corrected chi connectivity index (χ4v) is 1.61. The minimum absolute atomic E-state index is 0.0348. The molecule has 0 aromatic heterocycles. The van der Waals surface area contributed by atoms with Crippen LogP contribution in [0.25, 0.3) is 0 Å². The van der Waals surface area contributed by atoms with Gasteiger partial charge < -0.3 is 5.32 Å². The average Bonchev–Trinajstić information content (AvgIpc) is 2.18. The maximum absolute atomic E-state index is 10.2. The molecule has 1 heterocycles. The standard InChI is InChI=1S/C10H11N2O/c13-7-11-10-6-5-8-3-1-2-4-9(8)12-10/h1-4,7,10,12H,5-6H2. The van der Waals surface area contributed by atoms with Crippen molar-refractivity contribution in [1.82, 2.24) is 5.32 Å². The second-order valence-electron chi connectivity index (χ2n) is 3.11. The molecule has 0 saturated heterocycles. The monoisotopic (exact) mass is 175 g/mol. The molecule has 1 unspecified atom stereocenters. The first kappa shape index (κ1) is 8.10. The topological polar surface area (TPSA) is 43.2 Å². The number of anilines is 1. The van der Waals surface area contributed by atoms with Gasteiger partial charge in [-0.1, -0.05) is 18.2 Å². The zero-order chi connectivity index (χ0) is 9.10. The average molecular weight is 175 g/mol. The van der Waals surface area contributed by atoms with Crippen LogP contribution in [0.3, 0.4) is 0 Å². The number of aryl methyl sites for hydroxylation is 1. The van der Waals surface area contributed by atoms with Crippen LogP contribution in [-0.2, 0) is 11.2 Å². The molecule has 0 bridgehead atoms. The van der Waals surface area contributed by atoms with Crippen LogP contribution < -0.4 is 10.6 Å². The van der Waals surface area contributed by atoms with Crippen LogP contribution in [0.4, 0.5) is 5.69 Å². The van der Waals surface area contributed by atoms with Gasteiger partial charge in [0, 0.05) is 5.69 Å². The van der Waals surface area contributed by atoms with Crippen LogP contribution in [-0.4, -0.2) is 12.6 Å². The quantitative estimate of drug-likeness (QED) is 0.685. The number of nitrogens with zero attached hydrogens (tertiary/aromatic N) is 1. The third-order valence-electron chi connectivity index (χ3n) is 2.27. The van der Waals surface area contributed by atoms with E-state index in [4.69, 9.17) is 0 Å². The molecule has 1 aliphatic rings. The van der Waals surface area contributed by atoms with Gasteiger partial charge in [0.2, 0.25) is 6.41 Å². The van der Waals surface area contributed by atoms with E-state index in [0.717, 1.165) is 18.5 Å². The Morgan fingerprint density at radius 3 is 3.15 bits per heavy atom. The number of hydrogen-bond donors (Lipinski definition) is 1. The van der Waals surface area contributed by atoms with E-state index in [0.29, 0.717) is 6.41 Å². The summed E-state index contributed by atoms with van der Waals surface area (Å²) in [7, 11) is 0. The van der Waals surface area contributed by atoms with Gasteiger partial charge in [0.05, 0.1) is 0 Å². The largest absolute Gasteiger partial charge is 0.363 e. The van der Waals surface area contributed by atoms with E-state index in [1.165, 1.54) is 5.56 Å². The van der Waals surface area contributed by atoms with E-state index in [1.807, 2.05) is 18.2 Å². The molecule has 0 spiro atoms. The van der Waals surface area contributed by atoms with E-state index in [2.05, 4.69) is 16.7 Å². The van der Waals surface area contributed by atoms with Crippen LogP contribution in [0.5, 0.6) is 0 Å².